The maximum atomic E-state index is 6.29. The van der Waals surface area contributed by atoms with Gasteiger partial charge in [0.25, 0.3) is 0 Å². The Hall–Kier alpha value is -1.75. The van der Waals surface area contributed by atoms with Gasteiger partial charge in [0.05, 0.1) is 24.9 Å². The normalized spacial score (nSPS) is 26.4. The monoisotopic (exact) mass is 352 g/mol. The Bertz CT molecular complexity index is 679. The number of pyridine rings is 1. The van der Waals surface area contributed by atoms with Crippen LogP contribution in [0.15, 0.2) is 54.9 Å². The van der Waals surface area contributed by atoms with Gasteiger partial charge in [-0.3, -0.25) is 4.98 Å². The van der Waals surface area contributed by atoms with E-state index in [9.17, 15) is 0 Å². The van der Waals surface area contributed by atoms with E-state index in [2.05, 4.69) is 40.2 Å². The minimum atomic E-state index is -0.00213. The fourth-order valence-electron chi connectivity index (χ4n) is 4.20. The second-order valence-corrected chi connectivity index (χ2v) is 7.60. The fourth-order valence-corrected chi connectivity index (χ4v) is 4.20. The first-order chi connectivity index (χ1) is 12.8. The number of benzene rings is 1. The first kappa shape index (κ1) is 17.7. The van der Waals surface area contributed by atoms with Crippen LogP contribution in [0.5, 0.6) is 0 Å². The molecule has 2 saturated heterocycles. The lowest BCUT2D eigenvalue weighted by molar-refractivity contribution is -0.0526. The van der Waals surface area contributed by atoms with E-state index in [0.29, 0.717) is 6.61 Å². The maximum absolute atomic E-state index is 6.29. The molecule has 2 atom stereocenters. The van der Waals surface area contributed by atoms with Crippen molar-refractivity contribution in [2.75, 3.05) is 26.2 Å². The van der Waals surface area contributed by atoms with Crippen LogP contribution < -0.4 is 0 Å². The molecule has 4 nitrogen and oxygen atoms in total. The Labute approximate surface area is 156 Å². The zero-order valence-electron chi connectivity index (χ0n) is 15.3. The van der Waals surface area contributed by atoms with Gasteiger partial charge in [-0.25, -0.2) is 0 Å². The van der Waals surface area contributed by atoms with E-state index in [4.69, 9.17) is 9.47 Å². The van der Waals surface area contributed by atoms with E-state index in [1.165, 1.54) is 24.1 Å². The van der Waals surface area contributed by atoms with Crippen molar-refractivity contribution in [1.29, 1.82) is 0 Å². The van der Waals surface area contributed by atoms with Crippen LogP contribution in [0.25, 0.3) is 0 Å². The third kappa shape index (κ3) is 4.50. The third-order valence-electron chi connectivity index (χ3n) is 5.59. The summed E-state index contributed by atoms with van der Waals surface area (Å²) in [6.45, 7) is 4.69. The van der Waals surface area contributed by atoms with Gasteiger partial charge in [-0.2, -0.15) is 0 Å². The van der Waals surface area contributed by atoms with Crippen LogP contribution in [0.2, 0.25) is 0 Å². The zero-order valence-corrected chi connectivity index (χ0v) is 15.3. The van der Waals surface area contributed by atoms with E-state index in [1.54, 1.807) is 0 Å². The Kier molecular flexibility index (Phi) is 5.63. The molecule has 1 aromatic carbocycles. The highest BCUT2D eigenvalue weighted by Crippen LogP contribution is 2.36. The molecule has 1 aromatic heterocycles. The molecule has 2 aromatic rings. The zero-order chi connectivity index (χ0) is 17.7. The van der Waals surface area contributed by atoms with Crippen LogP contribution in [0.4, 0.5) is 0 Å². The number of nitrogens with zero attached hydrogens (tertiary/aromatic N) is 2. The van der Waals surface area contributed by atoms with Crippen molar-refractivity contribution in [3.8, 4) is 0 Å². The van der Waals surface area contributed by atoms with Gasteiger partial charge < -0.3 is 14.4 Å². The lowest BCUT2D eigenvalue weighted by Gasteiger charge is -2.39. The van der Waals surface area contributed by atoms with Crippen LogP contribution in [-0.2, 0) is 22.5 Å². The predicted molar refractivity (Wildman–Crippen MR) is 102 cm³/mol. The Morgan fingerprint density at radius 1 is 1.12 bits per heavy atom. The van der Waals surface area contributed by atoms with Gasteiger partial charge in [-0.1, -0.05) is 30.3 Å². The molecule has 0 saturated carbocycles. The summed E-state index contributed by atoms with van der Waals surface area (Å²) in [5, 5.41) is 0. The number of likely N-dealkylation sites (tertiary alicyclic amines) is 1. The molecular formula is C22H28N2O2. The minimum absolute atomic E-state index is 0.00213. The molecule has 4 heteroatoms. The number of hydrogen-bond acceptors (Lipinski definition) is 4. The van der Waals surface area contributed by atoms with Gasteiger partial charge >= 0.3 is 0 Å². The first-order valence-corrected chi connectivity index (χ1v) is 9.72. The van der Waals surface area contributed by atoms with Crippen LogP contribution >= 0.6 is 0 Å². The summed E-state index contributed by atoms with van der Waals surface area (Å²) < 4.78 is 12.4. The highest BCUT2D eigenvalue weighted by atomic mass is 16.6. The molecule has 2 fully saturated rings. The maximum Gasteiger partial charge on any atom is 0.0841 e. The quantitative estimate of drug-likeness (QED) is 0.797. The molecule has 0 bridgehead atoms. The average molecular weight is 352 g/mol. The SMILES string of the molecule is c1ccc(CCN2CCC[C@]3(C[C@@H](OCc4ccncc4)CO3)C2)cc1. The molecule has 2 aliphatic rings. The van der Waals surface area contributed by atoms with Crippen molar-refractivity contribution >= 4 is 0 Å². The molecular weight excluding hydrogens is 324 g/mol. The third-order valence-corrected chi connectivity index (χ3v) is 5.59. The summed E-state index contributed by atoms with van der Waals surface area (Å²) in [5.41, 5.74) is 2.59. The van der Waals surface area contributed by atoms with Crippen LogP contribution in [0, 0.1) is 0 Å². The molecule has 26 heavy (non-hydrogen) atoms. The predicted octanol–water partition coefficient (Wildman–Crippen LogP) is 3.46. The van der Waals surface area contributed by atoms with E-state index in [-0.39, 0.29) is 11.7 Å². The minimum Gasteiger partial charge on any atom is -0.371 e. The molecule has 1 spiro atoms. The van der Waals surface area contributed by atoms with Crippen molar-refractivity contribution in [3.05, 3.63) is 66.0 Å². The Balaban J connectivity index is 1.27. The summed E-state index contributed by atoms with van der Waals surface area (Å²) >= 11 is 0. The summed E-state index contributed by atoms with van der Waals surface area (Å²) in [5.74, 6) is 0. The number of aromatic nitrogens is 1. The molecule has 0 amide bonds. The fraction of sp³-hybridized carbons (Fsp3) is 0.500. The van der Waals surface area contributed by atoms with Gasteiger partial charge in [0, 0.05) is 31.9 Å². The summed E-state index contributed by atoms with van der Waals surface area (Å²) in [6, 6.07) is 14.8. The molecule has 0 unspecified atom stereocenters. The Morgan fingerprint density at radius 2 is 1.96 bits per heavy atom. The smallest absolute Gasteiger partial charge is 0.0841 e. The van der Waals surface area contributed by atoms with Gasteiger partial charge in [0.2, 0.25) is 0 Å². The van der Waals surface area contributed by atoms with E-state index in [0.717, 1.165) is 39.0 Å². The number of ether oxygens (including phenoxy) is 2. The topological polar surface area (TPSA) is 34.6 Å². The average Bonchev–Trinajstić information content (AvgIpc) is 3.08. The van der Waals surface area contributed by atoms with Gasteiger partial charge in [0.1, 0.15) is 0 Å². The van der Waals surface area contributed by atoms with Gasteiger partial charge in [-0.15, -0.1) is 0 Å². The lowest BCUT2D eigenvalue weighted by Crippen LogP contribution is -2.48. The van der Waals surface area contributed by atoms with Gasteiger partial charge in [0.15, 0.2) is 0 Å². The second kappa shape index (κ2) is 8.30. The first-order valence-electron chi connectivity index (χ1n) is 9.72. The highest BCUT2D eigenvalue weighted by Gasteiger charge is 2.43. The molecule has 3 heterocycles. The van der Waals surface area contributed by atoms with Crippen molar-refractivity contribution in [2.45, 2.75) is 44.0 Å². The van der Waals surface area contributed by atoms with Crippen molar-refractivity contribution in [3.63, 3.8) is 0 Å². The molecule has 0 radical (unpaired) electrons. The Morgan fingerprint density at radius 3 is 2.81 bits per heavy atom. The van der Waals surface area contributed by atoms with Crippen LogP contribution in [0.1, 0.15) is 30.4 Å². The molecule has 0 aliphatic carbocycles. The molecule has 0 N–H and O–H groups in total. The van der Waals surface area contributed by atoms with Crippen molar-refractivity contribution in [1.82, 2.24) is 9.88 Å². The molecule has 138 valence electrons. The van der Waals surface area contributed by atoms with Crippen molar-refractivity contribution < 1.29 is 9.47 Å². The van der Waals surface area contributed by atoms with E-state index in [1.807, 2.05) is 24.5 Å². The number of hydrogen-bond donors (Lipinski definition) is 0. The molecule has 2 aliphatic heterocycles. The van der Waals surface area contributed by atoms with Crippen molar-refractivity contribution in [2.24, 2.45) is 0 Å². The number of piperidine rings is 1. The van der Waals surface area contributed by atoms with Crippen LogP contribution in [0.3, 0.4) is 0 Å². The standard InChI is InChI=1S/C22H28N2O2/c1-2-5-19(6-3-1)9-14-24-13-4-10-22(18-24)15-21(17-26-22)25-16-20-7-11-23-12-8-20/h1-3,5-8,11-12,21H,4,9-10,13-18H2/t21-,22+/m1/s1. The molecule has 4 rings (SSSR count). The van der Waals surface area contributed by atoms with Crippen LogP contribution in [-0.4, -0.2) is 47.8 Å². The van der Waals surface area contributed by atoms with E-state index >= 15 is 0 Å². The summed E-state index contributed by atoms with van der Waals surface area (Å²) in [4.78, 5) is 6.63. The second-order valence-electron chi connectivity index (χ2n) is 7.60. The van der Waals surface area contributed by atoms with E-state index < -0.39 is 0 Å². The highest BCUT2D eigenvalue weighted by molar-refractivity contribution is 5.15. The van der Waals surface area contributed by atoms with Gasteiger partial charge in [-0.05, 0) is 49.1 Å². The lowest BCUT2D eigenvalue weighted by atomic mass is 9.89. The summed E-state index contributed by atoms with van der Waals surface area (Å²) in [7, 11) is 0. The summed E-state index contributed by atoms with van der Waals surface area (Å²) in [6.07, 6.45) is 8.33. The largest absolute Gasteiger partial charge is 0.371 e. The number of rotatable bonds is 6.